The predicted molar refractivity (Wildman–Crippen MR) is 69.2 cm³/mol. The molecule has 84 valence electrons. The molecule has 0 spiro atoms. The number of anilines is 1. The molecule has 0 unspecified atom stereocenters. The van der Waals surface area contributed by atoms with Crippen LogP contribution in [0.1, 0.15) is 19.4 Å². The molecule has 0 radical (unpaired) electrons. The Morgan fingerprint density at radius 1 is 1.27 bits per heavy atom. The summed E-state index contributed by atoms with van der Waals surface area (Å²) in [5.74, 6) is 1.14. The molecule has 0 heterocycles. The van der Waals surface area contributed by atoms with Gasteiger partial charge in [0.2, 0.25) is 0 Å². The minimum absolute atomic E-state index is 0.383. The molecule has 0 amide bonds. The van der Waals surface area contributed by atoms with Crippen LogP contribution in [0.3, 0.4) is 0 Å². The highest BCUT2D eigenvalue weighted by Crippen LogP contribution is 2.25. The molecule has 2 nitrogen and oxygen atoms in total. The largest absolute Gasteiger partial charge is 0.508 e. The van der Waals surface area contributed by atoms with Crippen LogP contribution in [0.4, 0.5) is 5.69 Å². The number of aryl methyl sites for hydroxylation is 1. The normalized spacial score (nSPS) is 10.3. The number of phenols is 1. The number of phenolic OH excluding ortho intramolecular Hbond substituents is 1. The van der Waals surface area contributed by atoms with Crippen molar-refractivity contribution in [3.05, 3.63) is 23.8 Å². The minimum Gasteiger partial charge on any atom is -0.508 e. The van der Waals surface area contributed by atoms with Crippen molar-refractivity contribution in [1.29, 1.82) is 0 Å². The molecule has 15 heavy (non-hydrogen) atoms. The van der Waals surface area contributed by atoms with Gasteiger partial charge in [0.1, 0.15) is 5.75 Å². The highest BCUT2D eigenvalue weighted by Gasteiger charge is 2.05. The Kier molecular flexibility index (Phi) is 4.82. The molecule has 1 aromatic rings. The van der Waals surface area contributed by atoms with Crippen LogP contribution in [-0.2, 0) is 6.42 Å². The third kappa shape index (κ3) is 3.06. The average molecular weight is 225 g/mol. The first kappa shape index (κ1) is 12.2. The van der Waals surface area contributed by atoms with E-state index >= 15 is 0 Å². The van der Waals surface area contributed by atoms with Crippen molar-refractivity contribution in [1.82, 2.24) is 0 Å². The predicted octanol–water partition coefficient (Wildman–Crippen LogP) is 2.71. The number of benzene rings is 1. The van der Waals surface area contributed by atoms with Gasteiger partial charge >= 0.3 is 0 Å². The molecular formula is C12H19NOS. The zero-order valence-corrected chi connectivity index (χ0v) is 10.3. The van der Waals surface area contributed by atoms with Crippen molar-refractivity contribution in [3.63, 3.8) is 0 Å². The van der Waals surface area contributed by atoms with Crippen LogP contribution in [0.5, 0.6) is 5.75 Å². The van der Waals surface area contributed by atoms with Gasteiger partial charge in [-0.1, -0.05) is 6.07 Å². The quantitative estimate of drug-likeness (QED) is 0.753. The fourth-order valence-corrected chi connectivity index (χ4v) is 1.91. The molecule has 0 saturated heterocycles. The van der Waals surface area contributed by atoms with E-state index < -0.39 is 0 Å². The lowest BCUT2D eigenvalue weighted by atomic mass is 10.1. The fourth-order valence-electron chi connectivity index (χ4n) is 1.67. The number of hydrogen-bond acceptors (Lipinski definition) is 3. The van der Waals surface area contributed by atoms with Gasteiger partial charge in [0.25, 0.3) is 0 Å². The van der Waals surface area contributed by atoms with Gasteiger partial charge in [-0.05, 0) is 37.7 Å². The molecule has 3 heteroatoms. The Morgan fingerprint density at radius 2 is 1.93 bits per heavy atom. The highest BCUT2D eigenvalue weighted by molar-refractivity contribution is 7.80. The van der Waals surface area contributed by atoms with Crippen molar-refractivity contribution in [3.8, 4) is 5.75 Å². The lowest BCUT2D eigenvalue weighted by molar-refractivity contribution is 0.469. The van der Waals surface area contributed by atoms with Crippen LogP contribution < -0.4 is 4.90 Å². The molecule has 1 N–H and O–H groups in total. The second-order valence-electron chi connectivity index (χ2n) is 3.46. The zero-order chi connectivity index (χ0) is 11.3. The Bertz CT molecular complexity index is 310. The minimum atomic E-state index is 0.383. The zero-order valence-electron chi connectivity index (χ0n) is 9.40. The molecule has 1 rings (SSSR count). The second kappa shape index (κ2) is 5.91. The summed E-state index contributed by atoms with van der Waals surface area (Å²) in [6.07, 6.45) is 0.813. The molecule has 0 fully saturated rings. The molecule has 0 atom stereocenters. The van der Waals surface area contributed by atoms with Crippen LogP contribution in [0.15, 0.2) is 18.2 Å². The van der Waals surface area contributed by atoms with Gasteiger partial charge in [0.05, 0.1) is 0 Å². The monoisotopic (exact) mass is 225 g/mol. The average Bonchev–Trinajstić information content (AvgIpc) is 2.24. The summed E-state index contributed by atoms with van der Waals surface area (Å²) in [5, 5.41) is 9.80. The van der Waals surface area contributed by atoms with Crippen molar-refractivity contribution >= 4 is 18.3 Å². The number of thiol groups is 1. The van der Waals surface area contributed by atoms with E-state index in [2.05, 4.69) is 37.4 Å². The lowest BCUT2D eigenvalue weighted by Gasteiger charge is -2.21. The number of nitrogens with zero attached hydrogens (tertiary/aromatic N) is 1. The summed E-state index contributed by atoms with van der Waals surface area (Å²) >= 11 is 4.16. The van der Waals surface area contributed by atoms with Crippen LogP contribution in [0.2, 0.25) is 0 Å². The smallest absolute Gasteiger partial charge is 0.120 e. The van der Waals surface area contributed by atoms with Crippen molar-refractivity contribution in [2.45, 2.75) is 20.3 Å². The summed E-state index contributed by atoms with van der Waals surface area (Å²) in [7, 11) is 0. The van der Waals surface area contributed by atoms with Gasteiger partial charge < -0.3 is 10.0 Å². The molecule has 0 saturated carbocycles. The van der Waals surface area contributed by atoms with E-state index in [1.165, 1.54) is 0 Å². The standard InChI is InChI=1S/C12H19NOS/c1-3-13(4-2)11-6-5-10(7-8-15)12(14)9-11/h5-6,9,14-15H,3-4,7-8H2,1-2H3. The lowest BCUT2D eigenvalue weighted by Crippen LogP contribution is -2.21. The Morgan fingerprint density at radius 3 is 2.40 bits per heavy atom. The van der Waals surface area contributed by atoms with Gasteiger partial charge in [-0.3, -0.25) is 0 Å². The summed E-state index contributed by atoms with van der Waals surface area (Å²) in [6, 6.07) is 5.89. The van der Waals surface area contributed by atoms with E-state index in [4.69, 9.17) is 0 Å². The van der Waals surface area contributed by atoms with E-state index in [0.717, 1.165) is 36.5 Å². The SMILES string of the molecule is CCN(CC)c1ccc(CCS)c(O)c1. The van der Waals surface area contributed by atoms with E-state index in [9.17, 15) is 5.11 Å². The topological polar surface area (TPSA) is 23.5 Å². The number of rotatable bonds is 5. The van der Waals surface area contributed by atoms with E-state index in [0.29, 0.717) is 5.75 Å². The molecule has 0 aliphatic carbocycles. The molecule has 0 aliphatic rings. The summed E-state index contributed by atoms with van der Waals surface area (Å²) < 4.78 is 0. The molecular weight excluding hydrogens is 206 g/mol. The van der Waals surface area contributed by atoms with Gasteiger partial charge in [-0.25, -0.2) is 0 Å². The maximum absolute atomic E-state index is 9.80. The summed E-state index contributed by atoms with van der Waals surface area (Å²) in [5.41, 5.74) is 2.06. The van der Waals surface area contributed by atoms with Crippen LogP contribution in [-0.4, -0.2) is 23.9 Å². The number of aromatic hydroxyl groups is 1. The first-order valence-corrected chi connectivity index (χ1v) is 6.03. The highest BCUT2D eigenvalue weighted by atomic mass is 32.1. The molecule has 1 aromatic carbocycles. The Balaban J connectivity index is 2.89. The van der Waals surface area contributed by atoms with Crippen LogP contribution in [0, 0.1) is 0 Å². The van der Waals surface area contributed by atoms with E-state index in [-0.39, 0.29) is 0 Å². The van der Waals surface area contributed by atoms with Crippen LogP contribution >= 0.6 is 12.6 Å². The van der Waals surface area contributed by atoms with Crippen molar-refractivity contribution < 1.29 is 5.11 Å². The van der Waals surface area contributed by atoms with Gasteiger partial charge in [-0.2, -0.15) is 12.6 Å². The third-order valence-electron chi connectivity index (χ3n) is 2.58. The van der Waals surface area contributed by atoms with Gasteiger partial charge in [0.15, 0.2) is 0 Å². The maximum atomic E-state index is 9.80. The molecule has 0 aromatic heterocycles. The molecule has 0 aliphatic heterocycles. The van der Waals surface area contributed by atoms with E-state index in [1.807, 2.05) is 12.1 Å². The van der Waals surface area contributed by atoms with Crippen molar-refractivity contribution in [2.75, 3.05) is 23.7 Å². The van der Waals surface area contributed by atoms with Crippen LogP contribution in [0.25, 0.3) is 0 Å². The van der Waals surface area contributed by atoms with E-state index in [1.54, 1.807) is 0 Å². The summed E-state index contributed by atoms with van der Waals surface area (Å²) in [6.45, 7) is 6.15. The molecule has 0 bridgehead atoms. The first-order valence-electron chi connectivity index (χ1n) is 5.40. The first-order chi connectivity index (χ1) is 7.22. The van der Waals surface area contributed by atoms with Crippen molar-refractivity contribution in [2.24, 2.45) is 0 Å². The Labute approximate surface area is 97.3 Å². The third-order valence-corrected chi connectivity index (χ3v) is 2.80. The fraction of sp³-hybridized carbons (Fsp3) is 0.500. The summed E-state index contributed by atoms with van der Waals surface area (Å²) in [4.78, 5) is 2.21. The maximum Gasteiger partial charge on any atom is 0.120 e. The van der Waals surface area contributed by atoms with Gasteiger partial charge in [-0.15, -0.1) is 0 Å². The Hall–Kier alpha value is -0.830. The number of hydrogen-bond donors (Lipinski definition) is 2. The van der Waals surface area contributed by atoms with Gasteiger partial charge in [0, 0.05) is 24.8 Å². The second-order valence-corrected chi connectivity index (χ2v) is 3.91.